The molecule has 0 fully saturated rings. The van der Waals surface area contributed by atoms with Crippen LogP contribution >= 0.6 is 11.3 Å². The summed E-state index contributed by atoms with van der Waals surface area (Å²) in [6, 6.07) is 16.8. The molecular formula is C19H19N5S. The van der Waals surface area contributed by atoms with E-state index in [0.29, 0.717) is 0 Å². The first-order chi connectivity index (χ1) is 12.3. The molecule has 4 rings (SSSR count). The lowest BCUT2D eigenvalue weighted by Crippen LogP contribution is -2.16. The highest BCUT2D eigenvalue weighted by Gasteiger charge is 2.07. The Morgan fingerprint density at radius 1 is 1.04 bits per heavy atom. The van der Waals surface area contributed by atoms with E-state index >= 15 is 0 Å². The zero-order valence-corrected chi connectivity index (χ0v) is 14.8. The average Bonchev–Trinajstić information content (AvgIpc) is 3.37. The summed E-state index contributed by atoms with van der Waals surface area (Å²) >= 11 is 1.81. The summed E-state index contributed by atoms with van der Waals surface area (Å²) in [7, 11) is 2.15. The number of nitrogens with zero attached hydrogens (tertiary/aromatic N) is 4. The van der Waals surface area contributed by atoms with Crippen molar-refractivity contribution in [1.29, 1.82) is 0 Å². The Morgan fingerprint density at radius 3 is 2.64 bits per heavy atom. The lowest BCUT2D eigenvalue weighted by Gasteiger charge is -2.16. The first-order valence-corrected chi connectivity index (χ1v) is 8.95. The van der Waals surface area contributed by atoms with Gasteiger partial charge in [0.05, 0.1) is 16.3 Å². The van der Waals surface area contributed by atoms with Crippen LogP contribution in [0.3, 0.4) is 0 Å². The highest BCUT2D eigenvalue weighted by Crippen LogP contribution is 2.27. The van der Waals surface area contributed by atoms with Crippen LogP contribution in [0.2, 0.25) is 0 Å². The molecule has 25 heavy (non-hydrogen) atoms. The van der Waals surface area contributed by atoms with Crippen molar-refractivity contribution >= 4 is 11.3 Å². The summed E-state index contributed by atoms with van der Waals surface area (Å²) in [5.74, 6) is 0. The van der Waals surface area contributed by atoms with Gasteiger partial charge in [-0.25, -0.2) is 4.68 Å². The Bertz CT molecular complexity index is 907. The summed E-state index contributed by atoms with van der Waals surface area (Å²) in [4.78, 5) is 4.90. The predicted molar refractivity (Wildman–Crippen MR) is 101 cm³/mol. The van der Waals surface area contributed by atoms with Gasteiger partial charge in [0.25, 0.3) is 0 Å². The minimum Gasteiger partial charge on any atom is -0.297 e. The fourth-order valence-corrected chi connectivity index (χ4v) is 3.87. The van der Waals surface area contributed by atoms with Crippen LogP contribution in [-0.2, 0) is 13.1 Å². The van der Waals surface area contributed by atoms with E-state index in [1.807, 2.05) is 23.0 Å². The van der Waals surface area contributed by atoms with Gasteiger partial charge < -0.3 is 0 Å². The van der Waals surface area contributed by atoms with Gasteiger partial charge in [0.2, 0.25) is 0 Å². The number of H-pyrrole nitrogens is 1. The maximum Gasteiger partial charge on any atom is 0.0749 e. The Balaban J connectivity index is 1.38. The van der Waals surface area contributed by atoms with Gasteiger partial charge in [0, 0.05) is 36.6 Å². The normalized spacial score (nSPS) is 11.3. The Kier molecular flexibility index (Phi) is 4.45. The molecule has 0 bridgehead atoms. The largest absolute Gasteiger partial charge is 0.297 e. The number of nitrogens with one attached hydrogen (secondary N) is 1. The van der Waals surface area contributed by atoms with Gasteiger partial charge in [-0.05, 0) is 49.0 Å². The molecule has 1 aromatic carbocycles. The van der Waals surface area contributed by atoms with Crippen molar-refractivity contribution in [2.75, 3.05) is 7.05 Å². The maximum absolute atomic E-state index is 4.26. The van der Waals surface area contributed by atoms with E-state index in [4.69, 9.17) is 0 Å². The van der Waals surface area contributed by atoms with Gasteiger partial charge in [0.1, 0.15) is 0 Å². The summed E-state index contributed by atoms with van der Waals surface area (Å²) in [5, 5.41) is 11.3. The summed E-state index contributed by atoms with van der Waals surface area (Å²) < 4.78 is 1.87. The van der Waals surface area contributed by atoms with Crippen LogP contribution in [0.25, 0.3) is 16.3 Å². The molecule has 0 radical (unpaired) electrons. The highest BCUT2D eigenvalue weighted by molar-refractivity contribution is 7.15. The van der Waals surface area contributed by atoms with Gasteiger partial charge in [-0.15, -0.1) is 11.3 Å². The molecule has 0 unspecified atom stereocenters. The van der Waals surface area contributed by atoms with E-state index in [-0.39, 0.29) is 0 Å². The number of thiophene rings is 1. The first-order valence-electron chi connectivity index (χ1n) is 8.14. The van der Waals surface area contributed by atoms with Crippen LogP contribution in [0.1, 0.15) is 10.4 Å². The van der Waals surface area contributed by atoms with Crippen molar-refractivity contribution in [3.63, 3.8) is 0 Å². The quantitative estimate of drug-likeness (QED) is 0.573. The Hall–Kier alpha value is -2.70. The molecule has 5 nitrogen and oxygen atoms in total. The van der Waals surface area contributed by atoms with Gasteiger partial charge in [-0.3, -0.25) is 10.00 Å². The number of aromatic nitrogens is 4. The monoisotopic (exact) mass is 349 g/mol. The SMILES string of the molecule is CN(Cc1ccc(-n2cccn2)cc1)Cc1ccc(-c2ccn[nH]2)s1. The topological polar surface area (TPSA) is 49.7 Å². The number of benzene rings is 1. The van der Waals surface area contributed by atoms with E-state index in [0.717, 1.165) is 24.5 Å². The molecule has 0 aliphatic heterocycles. The van der Waals surface area contributed by atoms with Gasteiger partial charge in [-0.2, -0.15) is 10.2 Å². The fourth-order valence-electron chi connectivity index (χ4n) is 2.81. The molecule has 0 spiro atoms. The van der Waals surface area contributed by atoms with Crippen molar-refractivity contribution in [3.05, 3.63) is 77.6 Å². The van der Waals surface area contributed by atoms with E-state index in [1.54, 1.807) is 23.7 Å². The Labute approximate surface area is 150 Å². The van der Waals surface area contributed by atoms with Gasteiger partial charge >= 0.3 is 0 Å². The molecule has 0 aliphatic carbocycles. The molecule has 4 aromatic rings. The third-order valence-electron chi connectivity index (χ3n) is 4.01. The third kappa shape index (κ3) is 3.70. The second-order valence-electron chi connectivity index (χ2n) is 6.03. The number of hydrogen-bond donors (Lipinski definition) is 1. The average molecular weight is 349 g/mol. The zero-order valence-electron chi connectivity index (χ0n) is 14.0. The lowest BCUT2D eigenvalue weighted by molar-refractivity contribution is 0.322. The zero-order chi connectivity index (χ0) is 17.1. The molecule has 1 N–H and O–H groups in total. The molecule has 6 heteroatoms. The molecular weight excluding hydrogens is 330 g/mol. The molecule has 126 valence electrons. The summed E-state index contributed by atoms with van der Waals surface area (Å²) in [6.45, 7) is 1.84. The molecule has 0 atom stereocenters. The summed E-state index contributed by atoms with van der Waals surface area (Å²) in [5.41, 5.74) is 3.45. The van der Waals surface area contributed by atoms with Crippen molar-refractivity contribution < 1.29 is 0 Å². The van der Waals surface area contributed by atoms with E-state index in [1.165, 1.54) is 15.3 Å². The van der Waals surface area contributed by atoms with Crippen LogP contribution in [0.4, 0.5) is 0 Å². The summed E-state index contributed by atoms with van der Waals surface area (Å²) in [6.07, 6.45) is 5.53. The number of aromatic amines is 1. The van der Waals surface area contributed by atoms with E-state index in [9.17, 15) is 0 Å². The number of hydrogen-bond acceptors (Lipinski definition) is 4. The van der Waals surface area contributed by atoms with E-state index in [2.05, 4.69) is 63.6 Å². The van der Waals surface area contributed by atoms with Crippen molar-refractivity contribution in [1.82, 2.24) is 24.9 Å². The van der Waals surface area contributed by atoms with Crippen molar-refractivity contribution in [2.24, 2.45) is 0 Å². The third-order valence-corrected chi connectivity index (χ3v) is 5.11. The molecule has 0 saturated carbocycles. The van der Waals surface area contributed by atoms with Crippen molar-refractivity contribution in [2.45, 2.75) is 13.1 Å². The lowest BCUT2D eigenvalue weighted by atomic mass is 10.2. The molecule has 0 saturated heterocycles. The van der Waals surface area contributed by atoms with Crippen LogP contribution in [0.15, 0.2) is 67.1 Å². The first kappa shape index (κ1) is 15.8. The number of rotatable bonds is 6. The second kappa shape index (κ2) is 7.04. The molecule has 3 aromatic heterocycles. The molecule has 0 amide bonds. The van der Waals surface area contributed by atoms with Gasteiger partial charge in [-0.1, -0.05) is 12.1 Å². The Morgan fingerprint density at radius 2 is 1.92 bits per heavy atom. The van der Waals surface area contributed by atoms with E-state index < -0.39 is 0 Å². The minimum absolute atomic E-state index is 0.913. The smallest absolute Gasteiger partial charge is 0.0749 e. The standard InChI is InChI=1S/C19H19N5S/c1-23(14-17-7-8-19(25-17)18-9-11-20-22-18)13-15-3-5-16(6-4-15)24-12-2-10-21-24/h2-12H,13-14H2,1H3,(H,20,22). The van der Waals surface area contributed by atoms with Gasteiger partial charge in [0.15, 0.2) is 0 Å². The van der Waals surface area contributed by atoms with Crippen molar-refractivity contribution in [3.8, 4) is 16.3 Å². The minimum atomic E-state index is 0.913. The molecule has 0 aliphatic rings. The van der Waals surface area contributed by atoms with Crippen LogP contribution < -0.4 is 0 Å². The maximum atomic E-state index is 4.26. The molecule has 3 heterocycles. The predicted octanol–water partition coefficient (Wildman–Crippen LogP) is 3.96. The van der Waals surface area contributed by atoms with Crippen LogP contribution in [0.5, 0.6) is 0 Å². The fraction of sp³-hybridized carbons (Fsp3) is 0.158. The van der Waals surface area contributed by atoms with Crippen LogP contribution in [-0.4, -0.2) is 31.9 Å². The second-order valence-corrected chi connectivity index (χ2v) is 7.19. The highest BCUT2D eigenvalue weighted by atomic mass is 32.1. The van der Waals surface area contributed by atoms with Crippen LogP contribution in [0, 0.1) is 0 Å².